The van der Waals surface area contributed by atoms with Gasteiger partial charge in [0.05, 0.1) is 0 Å². The molecule has 2 aromatic carbocycles. The molecule has 1 N–H and O–H groups in total. The summed E-state index contributed by atoms with van der Waals surface area (Å²) in [5.41, 5.74) is -1.21. The first-order valence-corrected chi connectivity index (χ1v) is 6.35. The molecule has 1 unspecified atom stereocenters. The fraction of sp³-hybridized carbons (Fsp3) is 0.250. The van der Waals surface area contributed by atoms with Crippen LogP contribution in [0.2, 0.25) is 0 Å². The molecule has 0 saturated carbocycles. The first-order valence-electron chi connectivity index (χ1n) is 6.35. The highest BCUT2D eigenvalue weighted by Gasteiger charge is 2.54. The molecular weight excluding hydrogens is 263 g/mol. The largest absolute Gasteiger partial charge is 0.411 e. The van der Waals surface area contributed by atoms with E-state index < -0.39 is 11.7 Å². The van der Waals surface area contributed by atoms with Gasteiger partial charge in [-0.1, -0.05) is 60.7 Å². The summed E-state index contributed by atoms with van der Waals surface area (Å²) in [6.45, 7) is 0. The Balaban J connectivity index is 2.49. The Morgan fingerprint density at radius 1 is 0.850 bits per heavy atom. The van der Waals surface area contributed by atoms with Gasteiger partial charge in [0, 0.05) is 6.42 Å². The van der Waals surface area contributed by atoms with Gasteiger partial charge < -0.3 is 5.32 Å². The molecule has 0 aromatic heterocycles. The molecule has 0 fully saturated rings. The molecule has 2 aromatic rings. The quantitative estimate of drug-likeness (QED) is 0.895. The van der Waals surface area contributed by atoms with Gasteiger partial charge >= 0.3 is 6.18 Å². The molecule has 0 bridgehead atoms. The average molecular weight is 279 g/mol. The standard InChI is InChI=1S/C16H16F3N/c1-20-15(16(17,18)19,14-10-6-3-7-11-14)12-13-8-4-2-5-9-13/h2-11,20H,12H2,1H3. The molecular formula is C16H16F3N. The van der Waals surface area contributed by atoms with Crippen LogP contribution in [0.3, 0.4) is 0 Å². The van der Waals surface area contributed by atoms with Gasteiger partial charge in [-0.05, 0) is 18.2 Å². The third-order valence-electron chi connectivity index (χ3n) is 3.49. The van der Waals surface area contributed by atoms with E-state index in [0.717, 1.165) is 0 Å². The van der Waals surface area contributed by atoms with Gasteiger partial charge in [-0.3, -0.25) is 0 Å². The molecule has 0 aliphatic carbocycles. The molecule has 0 heterocycles. The maximum Gasteiger partial charge on any atom is 0.411 e. The van der Waals surface area contributed by atoms with Crippen LogP contribution < -0.4 is 5.32 Å². The van der Waals surface area contributed by atoms with Crippen molar-refractivity contribution in [3.05, 3.63) is 71.8 Å². The Morgan fingerprint density at radius 2 is 1.35 bits per heavy atom. The molecule has 0 amide bonds. The molecule has 1 nitrogen and oxygen atoms in total. The SMILES string of the molecule is CNC(Cc1ccccc1)(c1ccccc1)C(F)(F)F. The molecule has 0 saturated heterocycles. The van der Waals surface area contributed by atoms with Gasteiger partial charge in [-0.25, -0.2) is 0 Å². The second-order valence-electron chi connectivity index (χ2n) is 4.68. The first-order chi connectivity index (χ1) is 9.49. The molecule has 0 spiro atoms. The molecule has 1 atom stereocenters. The summed E-state index contributed by atoms with van der Waals surface area (Å²) >= 11 is 0. The van der Waals surface area contributed by atoms with Crippen molar-refractivity contribution >= 4 is 0 Å². The second-order valence-corrected chi connectivity index (χ2v) is 4.68. The van der Waals surface area contributed by atoms with Crippen LogP contribution in [0.25, 0.3) is 0 Å². The van der Waals surface area contributed by atoms with Crippen molar-refractivity contribution in [1.29, 1.82) is 0 Å². The van der Waals surface area contributed by atoms with Crippen molar-refractivity contribution in [3.63, 3.8) is 0 Å². The molecule has 20 heavy (non-hydrogen) atoms. The minimum absolute atomic E-state index is 0.141. The smallest absolute Gasteiger partial charge is 0.303 e. The summed E-state index contributed by atoms with van der Waals surface area (Å²) in [4.78, 5) is 0. The fourth-order valence-corrected chi connectivity index (χ4v) is 2.37. The van der Waals surface area contributed by atoms with Crippen LogP contribution in [0.15, 0.2) is 60.7 Å². The normalized spacial score (nSPS) is 14.8. The molecule has 0 aliphatic rings. The number of alkyl halides is 3. The average Bonchev–Trinajstić information content (AvgIpc) is 2.45. The van der Waals surface area contributed by atoms with E-state index >= 15 is 0 Å². The summed E-state index contributed by atoms with van der Waals surface area (Å²) < 4.78 is 41.1. The predicted octanol–water partition coefficient (Wildman–Crippen LogP) is 3.91. The lowest BCUT2D eigenvalue weighted by molar-refractivity contribution is -0.199. The number of benzene rings is 2. The zero-order valence-electron chi connectivity index (χ0n) is 11.1. The van der Waals surface area contributed by atoms with Crippen molar-refractivity contribution in [3.8, 4) is 0 Å². The van der Waals surface area contributed by atoms with Crippen LogP contribution in [0.5, 0.6) is 0 Å². The van der Waals surface area contributed by atoms with E-state index in [9.17, 15) is 13.2 Å². The minimum atomic E-state index is -4.39. The summed E-state index contributed by atoms with van der Waals surface area (Å²) in [6.07, 6.45) is -4.53. The van der Waals surface area contributed by atoms with Crippen molar-refractivity contribution < 1.29 is 13.2 Å². The first kappa shape index (κ1) is 14.6. The van der Waals surface area contributed by atoms with Crippen LogP contribution >= 0.6 is 0 Å². The van der Waals surface area contributed by atoms with Gasteiger partial charge in [0.25, 0.3) is 0 Å². The number of likely N-dealkylation sites (N-methyl/N-ethyl adjacent to an activating group) is 1. The Bertz CT molecular complexity index is 537. The van der Waals surface area contributed by atoms with E-state index in [4.69, 9.17) is 0 Å². The van der Waals surface area contributed by atoms with E-state index in [2.05, 4.69) is 5.32 Å². The number of halogens is 3. The minimum Gasteiger partial charge on any atom is -0.303 e. The van der Waals surface area contributed by atoms with E-state index in [-0.39, 0.29) is 12.0 Å². The van der Waals surface area contributed by atoms with Crippen LogP contribution in [0.4, 0.5) is 13.2 Å². The summed E-state index contributed by atoms with van der Waals surface area (Å²) in [7, 11) is 1.35. The van der Waals surface area contributed by atoms with Crippen LogP contribution in [-0.2, 0) is 12.0 Å². The van der Waals surface area contributed by atoms with E-state index in [0.29, 0.717) is 5.56 Å². The third kappa shape index (κ3) is 2.70. The topological polar surface area (TPSA) is 12.0 Å². The van der Waals surface area contributed by atoms with E-state index in [1.807, 2.05) is 0 Å². The lowest BCUT2D eigenvalue weighted by Crippen LogP contribution is -2.54. The Labute approximate surface area is 116 Å². The lowest BCUT2D eigenvalue weighted by atomic mass is 9.83. The zero-order chi connectivity index (χ0) is 14.6. The van der Waals surface area contributed by atoms with Crippen LogP contribution in [0, 0.1) is 0 Å². The maximum atomic E-state index is 13.7. The maximum absolute atomic E-state index is 13.7. The molecule has 106 valence electrons. The van der Waals surface area contributed by atoms with Gasteiger partial charge in [-0.15, -0.1) is 0 Å². The predicted molar refractivity (Wildman–Crippen MR) is 73.4 cm³/mol. The van der Waals surface area contributed by atoms with Gasteiger partial charge in [0.15, 0.2) is 0 Å². The van der Waals surface area contributed by atoms with Gasteiger partial charge in [0.1, 0.15) is 5.54 Å². The van der Waals surface area contributed by atoms with Crippen LogP contribution in [0.1, 0.15) is 11.1 Å². The van der Waals surface area contributed by atoms with Gasteiger partial charge in [0.2, 0.25) is 0 Å². The number of hydrogen-bond donors (Lipinski definition) is 1. The third-order valence-corrected chi connectivity index (χ3v) is 3.49. The molecule has 2 rings (SSSR count). The number of rotatable bonds is 4. The Morgan fingerprint density at radius 3 is 1.80 bits per heavy atom. The lowest BCUT2D eigenvalue weighted by Gasteiger charge is -2.36. The van der Waals surface area contributed by atoms with Crippen molar-refractivity contribution in [1.82, 2.24) is 5.32 Å². The van der Waals surface area contributed by atoms with E-state index in [1.165, 1.54) is 19.2 Å². The van der Waals surface area contributed by atoms with Crippen LogP contribution in [-0.4, -0.2) is 13.2 Å². The summed E-state index contributed by atoms with van der Waals surface area (Å²) in [6, 6.07) is 16.7. The zero-order valence-corrected chi connectivity index (χ0v) is 11.1. The molecule has 0 radical (unpaired) electrons. The summed E-state index contributed by atoms with van der Waals surface area (Å²) in [5.74, 6) is 0. The Kier molecular flexibility index (Phi) is 4.14. The fourth-order valence-electron chi connectivity index (χ4n) is 2.37. The van der Waals surface area contributed by atoms with Crippen molar-refractivity contribution in [2.24, 2.45) is 0 Å². The number of hydrogen-bond acceptors (Lipinski definition) is 1. The number of nitrogens with one attached hydrogen (secondary N) is 1. The monoisotopic (exact) mass is 279 g/mol. The van der Waals surface area contributed by atoms with Gasteiger partial charge in [-0.2, -0.15) is 13.2 Å². The Hall–Kier alpha value is -1.81. The molecule has 0 aliphatic heterocycles. The van der Waals surface area contributed by atoms with E-state index in [1.54, 1.807) is 48.5 Å². The highest BCUT2D eigenvalue weighted by Crippen LogP contribution is 2.41. The highest BCUT2D eigenvalue weighted by molar-refractivity contribution is 5.30. The highest BCUT2D eigenvalue weighted by atomic mass is 19.4. The van der Waals surface area contributed by atoms with Crippen molar-refractivity contribution in [2.45, 2.75) is 18.1 Å². The summed E-state index contributed by atoms with van der Waals surface area (Å²) in [5, 5.41) is 2.50. The second kappa shape index (κ2) is 5.67. The molecule has 4 heteroatoms. The van der Waals surface area contributed by atoms with Crippen molar-refractivity contribution in [2.75, 3.05) is 7.05 Å².